The van der Waals surface area contributed by atoms with E-state index >= 15 is 0 Å². The molecule has 0 aliphatic heterocycles. The second kappa shape index (κ2) is 5.69. The molecule has 0 spiro atoms. The molecule has 1 aromatic heterocycles. The summed E-state index contributed by atoms with van der Waals surface area (Å²) in [5.41, 5.74) is 4.41. The lowest BCUT2D eigenvalue weighted by atomic mass is 10.0. The first-order chi connectivity index (χ1) is 11.3. The fraction of sp³-hybridized carbons (Fsp3) is 0.100. The van der Waals surface area contributed by atoms with Crippen LogP contribution in [0.2, 0.25) is 0 Å². The Kier molecular flexibility index (Phi) is 3.39. The molecule has 3 nitrogen and oxygen atoms in total. The molecule has 1 heterocycles. The molecule has 0 unspecified atom stereocenters. The minimum absolute atomic E-state index is 0.741. The van der Waals surface area contributed by atoms with Gasteiger partial charge in [0.25, 0.3) is 0 Å². The summed E-state index contributed by atoms with van der Waals surface area (Å²) < 4.78 is 1.96. The summed E-state index contributed by atoms with van der Waals surface area (Å²) in [5, 5.41) is 11.2. The Morgan fingerprint density at radius 3 is 2.43 bits per heavy atom. The van der Waals surface area contributed by atoms with Gasteiger partial charge in [-0.1, -0.05) is 78.0 Å². The zero-order valence-electron chi connectivity index (χ0n) is 13.0. The van der Waals surface area contributed by atoms with Gasteiger partial charge in [-0.15, -0.1) is 5.10 Å². The highest BCUT2D eigenvalue weighted by atomic mass is 15.4. The van der Waals surface area contributed by atoms with E-state index in [4.69, 9.17) is 0 Å². The van der Waals surface area contributed by atoms with Crippen LogP contribution in [-0.4, -0.2) is 15.0 Å². The van der Waals surface area contributed by atoms with Gasteiger partial charge in [0.05, 0.1) is 12.2 Å². The van der Waals surface area contributed by atoms with Crippen molar-refractivity contribution in [2.45, 2.75) is 13.5 Å². The number of hydrogen-bond acceptors (Lipinski definition) is 2. The van der Waals surface area contributed by atoms with Gasteiger partial charge in [-0.25, -0.2) is 4.68 Å². The molecule has 0 radical (unpaired) electrons. The minimum atomic E-state index is 0.741. The molecule has 23 heavy (non-hydrogen) atoms. The van der Waals surface area contributed by atoms with E-state index in [2.05, 4.69) is 71.8 Å². The van der Waals surface area contributed by atoms with Crippen LogP contribution in [0.15, 0.2) is 72.8 Å². The summed E-state index contributed by atoms with van der Waals surface area (Å²) >= 11 is 0. The van der Waals surface area contributed by atoms with Gasteiger partial charge in [0.15, 0.2) is 0 Å². The van der Waals surface area contributed by atoms with E-state index in [-0.39, 0.29) is 0 Å². The molecule has 0 atom stereocenters. The Morgan fingerprint density at radius 2 is 1.57 bits per heavy atom. The van der Waals surface area contributed by atoms with Crippen molar-refractivity contribution < 1.29 is 0 Å². The first-order valence-corrected chi connectivity index (χ1v) is 7.75. The Hall–Kier alpha value is -2.94. The van der Waals surface area contributed by atoms with Crippen LogP contribution >= 0.6 is 0 Å². The first-order valence-electron chi connectivity index (χ1n) is 7.75. The zero-order valence-corrected chi connectivity index (χ0v) is 13.0. The van der Waals surface area contributed by atoms with Gasteiger partial charge in [-0.05, 0) is 23.3 Å². The summed E-state index contributed by atoms with van der Waals surface area (Å²) in [6, 6.07) is 25.1. The monoisotopic (exact) mass is 299 g/mol. The van der Waals surface area contributed by atoms with Crippen LogP contribution in [0.4, 0.5) is 0 Å². The molecule has 0 saturated heterocycles. The van der Waals surface area contributed by atoms with E-state index in [0.717, 1.165) is 23.5 Å². The summed E-state index contributed by atoms with van der Waals surface area (Å²) in [6.45, 7) is 2.82. The molecule has 0 aliphatic rings. The maximum atomic E-state index is 4.45. The van der Waals surface area contributed by atoms with E-state index in [0.29, 0.717) is 0 Å². The molecule has 0 fully saturated rings. The third-order valence-corrected chi connectivity index (χ3v) is 4.20. The number of rotatable bonds is 3. The van der Waals surface area contributed by atoms with Crippen molar-refractivity contribution in [2.24, 2.45) is 0 Å². The van der Waals surface area contributed by atoms with Gasteiger partial charge in [-0.3, -0.25) is 0 Å². The van der Waals surface area contributed by atoms with Crippen LogP contribution in [0, 0.1) is 6.92 Å². The highest BCUT2D eigenvalue weighted by Gasteiger charge is 2.13. The number of nitrogens with zero attached hydrogens (tertiary/aromatic N) is 3. The van der Waals surface area contributed by atoms with Crippen molar-refractivity contribution >= 4 is 10.8 Å². The average molecular weight is 299 g/mol. The van der Waals surface area contributed by atoms with Crippen LogP contribution in [0.25, 0.3) is 22.0 Å². The second-order valence-corrected chi connectivity index (χ2v) is 5.69. The maximum Gasteiger partial charge on any atom is 0.116 e. The third kappa shape index (κ3) is 2.50. The van der Waals surface area contributed by atoms with Gasteiger partial charge in [0.2, 0.25) is 0 Å². The summed E-state index contributed by atoms with van der Waals surface area (Å²) in [7, 11) is 0. The quantitative estimate of drug-likeness (QED) is 0.559. The molecule has 4 aromatic rings. The van der Waals surface area contributed by atoms with Gasteiger partial charge in [0, 0.05) is 5.56 Å². The summed E-state index contributed by atoms with van der Waals surface area (Å²) in [5.74, 6) is 0. The molecule has 112 valence electrons. The van der Waals surface area contributed by atoms with E-state index in [1.807, 2.05) is 22.9 Å². The molecule has 0 saturated carbocycles. The van der Waals surface area contributed by atoms with Gasteiger partial charge in [-0.2, -0.15) is 0 Å². The molecular weight excluding hydrogens is 282 g/mol. The highest BCUT2D eigenvalue weighted by molar-refractivity contribution is 5.96. The topological polar surface area (TPSA) is 30.7 Å². The Balaban J connectivity index is 1.78. The minimum Gasteiger partial charge on any atom is -0.245 e. The van der Waals surface area contributed by atoms with Crippen LogP contribution in [0.1, 0.15) is 11.3 Å². The lowest BCUT2D eigenvalue weighted by Crippen LogP contribution is -2.03. The van der Waals surface area contributed by atoms with Crippen LogP contribution in [0.5, 0.6) is 0 Å². The Labute approximate surface area is 135 Å². The Morgan fingerprint density at radius 1 is 0.826 bits per heavy atom. The lowest BCUT2D eigenvalue weighted by Gasteiger charge is -2.06. The molecule has 3 heteroatoms. The van der Waals surface area contributed by atoms with Crippen LogP contribution in [-0.2, 0) is 6.54 Å². The predicted octanol–water partition coefficient (Wildman–Crippen LogP) is 4.46. The van der Waals surface area contributed by atoms with Gasteiger partial charge >= 0.3 is 0 Å². The normalized spacial score (nSPS) is 11.0. The fourth-order valence-corrected chi connectivity index (χ4v) is 2.95. The van der Waals surface area contributed by atoms with Crippen molar-refractivity contribution in [3.8, 4) is 11.3 Å². The van der Waals surface area contributed by atoms with E-state index in [1.165, 1.54) is 16.3 Å². The SMILES string of the molecule is Cc1c(-c2cccc3ccccc23)nnn1Cc1ccccc1. The van der Waals surface area contributed by atoms with E-state index < -0.39 is 0 Å². The molecule has 3 aromatic carbocycles. The molecule has 0 N–H and O–H groups in total. The summed E-state index contributed by atoms with van der Waals surface area (Å²) in [6.07, 6.45) is 0. The number of hydrogen-bond donors (Lipinski definition) is 0. The van der Waals surface area contributed by atoms with Crippen molar-refractivity contribution in [1.82, 2.24) is 15.0 Å². The molecule has 0 bridgehead atoms. The van der Waals surface area contributed by atoms with E-state index in [9.17, 15) is 0 Å². The number of aromatic nitrogens is 3. The maximum absolute atomic E-state index is 4.45. The van der Waals surface area contributed by atoms with Crippen molar-refractivity contribution in [3.63, 3.8) is 0 Å². The molecule has 4 rings (SSSR count). The van der Waals surface area contributed by atoms with Crippen molar-refractivity contribution in [2.75, 3.05) is 0 Å². The van der Waals surface area contributed by atoms with Gasteiger partial charge < -0.3 is 0 Å². The smallest absolute Gasteiger partial charge is 0.116 e. The highest BCUT2D eigenvalue weighted by Crippen LogP contribution is 2.29. The standard InChI is InChI=1S/C20H17N3/c1-15-20(19-13-7-11-17-10-5-6-12-18(17)19)21-22-23(15)14-16-8-3-2-4-9-16/h2-13H,14H2,1H3. The van der Waals surface area contributed by atoms with Gasteiger partial charge in [0.1, 0.15) is 5.69 Å². The third-order valence-electron chi connectivity index (χ3n) is 4.20. The van der Waals surface area contributed by atoms with Crippen molar-refractivity contribution in [3.05, 3.63) is 84.1 Å². The number of fused-ring (bicyclic) bond motifs is 1. The van der Waals surface area contributed by atoms with E-state index in [1.54, 1.807) is 0 Å². The fourth-order valence-electron chi connectivity index (χ4n) is 2.95. The molecule has 0 aliphatic carbocycles. The molecule has 0 amide bonds. The zero-order chi connectivity index (χ0) is 15.6. The van der Waals surface area contributed by atoms with Crippen LogP contribution < -0.4 is 0 Å². The summed E-state index contributed by atoms with van der Waals surface area (Å²) in [4.78, 5) is 0. The second-order valence-electron chi connectivity index (χ2n) is 5.69. The largest absolute Gasteiger partial charge is 0.245 e. The van der Waals surface area contributed by atoms with Crippen molar-refractivity contribution in [1.29, 1.82) is 0 Å². The van der Waals surface area contributed by atoms with Crippen LogP contribution in [0.3, 0.4) is 0 Å². The first kappa shape index (κ1) is 13.7. The Bertz CT molecular complexity index is 950. The lowest BCUT2D eigenvalue weighted by molar-refractivity contribution is 0.633. The average Bonchev–Trinajstić information content (AvgIpc) is 2.96. The predicted molar refractivity (Wildman–Crippen MR) is 93.2 cm³/mol. The number of benzene rings is 3. The molecular formula is C20H17N3.